The summed E-state index contributed by atoms with van der Waals surface area (Å²) in [7, 11) is 1.60. The Labute approximate surface area is 107 Å². The van der Waals surface area contributed by atoms with E-state index in [2.05, 4.69) is 6.58 Å². The molecule has 1 fully saturated rings. The first-order valence-corrected chi connectivity index (χ1v) is 5.89. The lowest BCUT2D eigenvalue weighted by molar-refractivity contribution is -0.153. The van der Waals surface area contributed by atoms with Crippen molar-refractivity contribution in [2.45, 2.75) is 27.2 Å². The molecule has 2 amide bonds. The molecule has 0 saturated carbocycles. The molecular formula is C12H18N2O2S. The second-order valence-corrected chi connectivity index (χ2v) is 5.30. The highest BCUT2D eigenvalue weighted by atomic mass is 32.1. The Balaban J connectivity index is 2.97. The highest BCUT2D eigenvalue weighted by Crippen LogP contribution is 2.28. The van der Waals surface area contributed by atoms with Gasteiger partial charge in [0.2, 0.25) is 11.8 Å². The van der Waals surface area contributed by atoms with Crippen LogP contribution in [0.2, 0.25) is 0 Å². The zero-order valence-electron chi connectivity index (χ0n) is 10.7. The van der Waals surface area contributed by atoms with Crippen LogP contribution in [0.15, 0.2) is 12.2 Å². The van der Waals surface area contributed by atoms with Gasteiger partial charge in [-0.15, -0.1) is 6.58 Å². The largest absolute Gasteiger partial charge is 0.291 e. The predicted molar refractivity (Wildman–Crippen MR) is 70.3 cm³/mol. The monoisotopic (exact) mass is 254 g/mol. The maximum absolute atomic E-state index is 12.2. The lowest BCUT2D eigenvalue weighted by Gasteiger charge is -2.41. The Morgan fingerprint density at radius 3 is 2.35 bits per heavy atom. The minimum Gasteiger partial charge on any atom is -0.291 e. The van der Waals surface area contributed by atoms with Gasteiger partial charge in [0.15, 0.2) is 5.11 Å². The Bertz CT molecular complexity index is 401. The topological polar surface area (TPSA) is 40.6 Å². The molecule has 0 N–H and O–H groups in total. The van der Waals surface area contributed by atoms with Crippen LogP contribution in [0.1, 0.15) is 27.2 Å². The number of hydrogen-bond acceptors (Lipinski definition) is 3. The van der Waals surface area contributed by atoms with Gasteiger partial charge >= 0.3 is 0 Å². The molecule has 1 rings (SSSR count). The molecule has 0 aromatic carbocycles. The van der Waals surface area contributed by atoms with Crippen molar-refractivity contribution in [2.75, 3.05) is 13.6 Å². The summed E-state index contributed by atoms with van der Waals surface area (Å²) >= 11 is 5.14. The number of amides is 2. The Morgan fingerprint density at radius 2 is 1.88 bits per heavy atom. The Morgan fingerprint density at radius 1 is 1.35 bits per heavy atom. The number of carbonyl (C=O) groups is 2. The molecule has 1 aliphatic rings. The fourth-order valence-corrected chi connectivity index (χ4v) is 1.96. The van der Waals surface area contributed by atoms with Gasteiger partial charge in [0.25, 0.3) is 0 Å². The first-order valence-electron chi connectivity index (χ1n) is 5.48. The molecule has 0 aliphatic carbocycles. The van der Waals surface area contributed by atoms with E-state index in [1.54, 1.807) is 20.9 Å². The summed E-state index contributed by atoms with van der Waals surface area (Å²) in [5, 5.41) is 0.278. The minimum atomic E-state index is -1.04. The maximum Gasteiger partial charge on any atom is 0.243 e. The standard InChI is InChI=1S/C12H18N2O2S/c1-8(2)6-7-14-10(16)12(3,4)9(15)13(5)11(14)17/h1,6-7H2,2-5H3. The second-order valence-electron chi connectivity index (χ2n) is 4.94. The van der Waals surface area contributed by atoms with Crippen LogP contribution >= 0.6 is 12.2 Å². The van der Waals surface area contributed by atoms with E-state index < -0.39 is 5.41 Å². The normalized spacial score (nSPS) is 19.9. The molecule has 5 heteroatoms. The van der Waals surface area contributed by atoms with Crippen LogP contribution in [-0.4, -0.2) is 40.3 Å². The van der Waals surface area contributed by atoms with E-state index in [1.807, 2.05) is 6.92 Å². The average molecular weight is 254 g/mol. The van der Waals surface area contributed by atoms with Gasteiger partial charge in [-0.25, -0.2) is 0 Å². The highest BCUT2D eigenvalue weighted by Gasteiger charge is 2.48. The van der Waals surface area contributed by atoms with Gasteiger partial charge in [-0.05, 0) is 39.4 Å². The molecule has 0 aromatic rings. The summed E-state index contributed by atoms with van der Waals surface area (Å²) < 4.78 is 0. The van der Waals surface area contributed by atoms with Crippen LogP contribution in [0.3, 0.4) is 0 Å². The van der Waals surface area contributed by atoms with Crippen molar-refractivity contribution in [3.63, 3.8) is 0 Å². The highest BCUT2D eigenvalue weighted by molar-refractivity contribution is 7.80. The molecular weight excluding hydrogens is 236 g/mol. The van der Waals surface area contributed by atoms with Gasteiger partial charge in [-0.3, -0.25) is 19.4 Å². The molecule has 1 aliphatic heterocycles. The molecule has 4 nitrogen and oxygen atoms in total. The van der Waals surface area contributed by atoms with Gasteiger partial charge < -0.3 is 0 Å². The molecule has 1 saturated heterocycles. The van der Waals surface area contributed by atoms with Gasteiger partial charge in [0.05, 0.1) is 0 Å². The zero-order valence-corrected chi connectivity index (χ0v) is 11.6. The summed E-state index contributed by atoms with van der Waals surface area (Å²) in [6.45, 7) is 9.44. The summed E-state index contributed by atoms with van der Waals surface area (Å²) in [6, 6.07) is 0. The van der Waals surface area contributed by atoms with Gasteiger partial charge in [0, 0.05) is 13.6 Å². The molecule has 0 aromatic heterocycles. The summed E-state index contributed by atoms with van der Waals surface area (Å²) in [5.74, 6) is -0.481. The van der Waals surface area contributed by atoms with E-state index in [-0.39, 0.29) is 16.9 Å². The zero-order chi connectivity index (χ0) is 13.4. The van der Waals surface area contributed by atoms with Crippen molar-refractivity contribution in [3.8, 4) is 0 Å². The molecule has 0 spiro atoms. The van der Waals surface area contributed by atoms with Gasteiger partial charge in [-0.2, -0.15) is 0 Å². The molecule has 0 unspecified atom stereocenters. The Kier molecular flexibility index (Phi) is 3.71. The van der Waals surface area contributed by atoms with E-state index in [4.69, 9.17) is 12.2 Å². The van der Waals surface area contributed by atoms with Crippen LogP contribution in [-0.2, 0) is 9.59 Å². The van der Waals surface area contributed by atoms with Crippen molar-refractivity contribution in [1.82, 2.24) is 9.80 Å². The van der Waals surface area contributed by atoms with E-state index >= 15 is 0 Å². The van der Waals surface area contributed by atoms with E-state index in [0.29, 0.717) is 13.0 Å². The third-order valence-corrected chi connectivity index (χ3v) is 3.39. The quantitative estimate of drug-likeness (QED) is 0.436. The summed E-state index contributed by atoms with van der Waals surface area (Å²) in [5.41, 5.74) is -0.0514. The minimum absolute atomic E-state index is 0.230. The molecule has 17 heavy (non-hydrogen) atoms. The number of nitrogens with zero attached hydrogens (tertiary/aromatic N) is 2. The fraction of sp³-hybridized carbons (Fsp3) is 0.583. The second kappa shape index (κ2) is 4.56. The molecule has 0 atom stereocenters. The van der Waals surface area contributed by atoms with E-state index in [1.165, 1.54) is 9.80 Å². The van der Waals surface area contributed by atoms with Crippen molar-refractivity contribution < 1.29 is 9.59 Å². The molecule has 0 bridgehead atoms. The Hall–Kier alpha value is -1.23. The summed E-state index contributed by atoms with van der Waals surface area (Å²) in [6.07, 6.45) is 0.685. The number of rotatable bonds is 3. The fourth-order valence-electron chi connectivity index (χ4n) is 1.70. The van der Waals surface area contributed by atoms with Gasteiger partial charge in [-0.1, -0.05) is 5.57 Å². The molecule has 0 radical (unpaired) electrons. The SMILES string of the molecule is C=C(C)CCN1C(=O)C(C)(C)C(=O)N(C)C1=S. The summed E-state index contributed by atoms with van der Waals surface area (Å²) in [4.78, 5) is 27.0. The van der Waals surface area contributed by atoms with Crippen LogP contribution in [0, 0.1) is 5.41 Å². The predicted octanol–water partition coefficient (Wildman–Crippen LogP) is 1.56. The van der Waals surface area contributed by atoms with Crippen molar-refractivity contribution >= 4 is 29.1 Å². The van der Waals surface area contributed by atoms with Crippen LogP contribution in [0.25, 0.3) is 0 Å². The van der Waals surface area contributed by atoms with Crippen LogP contribution in [0.5, 0.6) is 0 Å². The number of hydrogen-bond donors (Lipinski definition) is 0. The van der Waals surface area contributed by atoms with Crippen LogP contribution in [0.4, 0.5) is 0 Å². The lowest BCUT2D eigenvalue weighted by Crippen LogP contribution is -2.62. The van der Waals surface area contributed by atoms with Crippen molar-refractivity contribution in [1.29, 1.82) is 0 Å². The van der Waals surface area contributed by atoms with E-state index in [9.17, 15) is 9.59 Å². The first-order chi connectivity index (χ1) is 7.69. The maximum atomic E-state index is 12.2. The van der Waals surface area contributed by atoms with Crippen molar-refractivity contribution in [2.24, 2.45) is 5.41 Å². The first kappa shape index (κ1) is 13.8. The van der Waals surface area contributed by atoms with Gasteiger partial charge in [0.1, 0.15) is 5.41 Å². The van der Waals surface area contributed by atoms with Crippen LogP contribution < -0.4 is 0 Å². The number of carbonyl (C=O) groups excluding carboxylic acids is 2. The number of thiocarbonyl (C=S) groups is 1. The van der Waals surface area contributed by atoms with Crippen molar-refractivity contribution in [3.05, 3.63) is 12.2 Å². The lowest BCUT2D eigenvalue weighted by atomic mass is 9.88. The third kappa shape index (κ3) is 2.39. The van der Waals surface area contributed by atoms with E-state index in [0.717, 1.165) is 5.57 Å². The molecule has 1 heterocycles. The third-order valence-electron chi connectivity index (χ3n) is 2.90. The smallest absolute Gasteiger partial charge is 0.243 e. The molecule has 94 valence electrons. The average Bonchev–Trinajstić information content (AvgIpc) is 2.24.